The summed E-state index contributed by atoms with van der Waals surface area (Å²) in [7, 11) is 0. The number of aromatic nitrogens is 3. The zero-order valence-electron chi connectivity index (χ0n) is 16.3. The van der Waals surface area contributed by atoms with E-state index in [1.165, 1.54) is 5.69 Å². The topological polar surface area (TPSA) is 65.4 Å². The number of aryl methyl sites for hydroxylation is 2. The van der Waals surface area contributed by atoms with Crippen molar-refractivity contribution in [2.75, 3.05) is 0 Å². The first-order valence-electron chi connectivity index (χ1n) is 9.48. The third kappa shape index (κ3) is 4.83. The Morgan fingerprint density at radius 2 is 1.96 bits per heavy atom. The van der Waals surface area contributed by atoms with E-state index in [4.69, 9.17) is 0 Å². The summed E-state index contributed by atoms with van der Waals surface area (Å²) in [5.41, 5.74) is 4.99. The van der Waals surface area contributed by atoms with Crippen LogP contribution in [-0.4, -0.2) is 15.0 Å². The molecule has 0 atom stereocenters. The van der Waals surface area contributed by atoms with E-state index in [9.17, 15) is 5.26 Å². The second-order valence-corrected chi connectivity index (χ2v) is 7.76. The third-order valence-corrected chi connectivity index (χ3v) is 5.10. The number of aromatic amines is 1. The van der Waals surface area contributed by atoms with Crippen molar-refractivity contribution in [1.82, 2.24) is 15.0 Å². The van der Waals surface area contributed by atoms with Crippen LogP contribution in [0, 0.1) is 16.7 Å². The molecule has 0 spiro atoms. The van der Waals surface area contributed by atoms with Gasteiger partial charge in [-0.25, -0.2) is 4.98 Å². The fraction of sp³-hybridized carbons (Fsp3) is 0.348. The molecule has 0 aliphatic carbocycles. The second-order valence-electron chi connectivity index (χ2n) is 7.76. The predicted octanol–water partition coefficient (Wildman–Crippen LogP) is 5.11. The van der Waals surface area contributed by atoms with Gasteiger partial charge in [0.15, 0.2) is 0 Å². The molecule has 27 heavy (non-hydrogen) atoms. The van der Waals surface area contributed by atoms with Crippen molar-refractivity contribution in [3.8, 4) is 17.3 Å². The van der Waals surface area contributed by atoms with E-state index in [2.05, 4.69) is 47.9 Å². The van der Waals surface area contributed by atoms with Gasteiger partial charge in [0.2, 0.25) is 0 Å². The summed E-state index contributed by atoms with van der Waals surface area (Å²) >= 11 is 0. The highest BCUT2D eigenvalue weighted by atomic mass is 14.9. The highest BCUT2D eigenvalue weighted by molar-refractivity contribution is 5.67. The third-order valence-electron chi connectivity index (χ3n) is 5.10. The highest BCUT2D eigenvalue weighted by Crippen LogP contribution is 2.25. The zero-order valence-corrected chi connectivity index (χ0v) is 16.3. The van der Waals surface area contributed by atoms with Gasteiger partial charge in [-0.1, -0.05) is 45.4 Å². The standard InChI is InChI=1S/C23H26N4/c1-4-23(2,3)14-19-16-26-22(27-19)11-9-17-8-10-20(18(13-17)15-24)21-7-5-6-12-25-21/h5-8,10,12-13,16H,4,9,11,14H2,1-3H3,(H,26,27). The number of rotatable bonds is 7. The summed E-state index contributed by atoms with van der Waals surface area (Å²) in [5.74, 6) is 1.00. The Bertz CT molecular complexity index is 933. The van der Waals surface area contributed by atoms with Crippen molar-refractivity contribution in [3.63, 3.8) is 0 Å². The van der Waals surface area contributed by atoms with Gasteiger partial charge in [-0.2, -0.15) is 5.26 Å². The fourth-order valence-electron chi connectivity index (χ4n) is 3.11. The molecule has 0 amide bonds. The smallest absolute Gasteiger partial charge is 0.106 e. The SMILES string of the molecule is CCC(C)(C)Cc1cnc(CCc2ccc(-c3ccccn3)c(C#N)c2)[nH]1. The van der Waals surface area contributed by atoms with Gasteiger partial charge in [0.1, 0.15) is 5.82 Å². The van der Waals surface area contributed by atoms with Crippen molar-refractivity contribution in [2.24, 2.45) is 5.41 Å². The Morgan fingerprint density at radius 1 is 1.11 bits per heavy atom. The molecule has 4 nitrogen and oxygen atoms in total. The number of benzene rings is 1. The van der Waals surface area contributed by atoms with Gasteiger partial charge in [-0.15, -0.1) is 0 Å². The van der Waals surface area contributed by atoms with E-state index in [1.54, 1.807) is 6.20 Å². The minimum Gasteiger partial charge on any atom is -0.346 e. The van der Waals surface area contributed by atoms with Crippen molar-refractivity contribution in [2.45, 2.75) is 46.5 Å². The predicted molar refractivity (Wildman–Crippen MR) is 108 cm³/mol. The summed E-state index contributed by atoms with van der Waals surface area (Å²) in [6, 6.07) is 14.1. The van der Waals surface area contributed by atoms with Crippen LogP contribution < -0.4 is 0 Å². The van der Waals surface area contributed by atoms with E-state index in [1.807, 2.05) is 36.5 Å². The Hall–Kier alpha value is -2.93. The Labute approximate surface area is 161 Å². The van der Waals surface area contributed by atoms with Crippen molar-refractivity contribution in [1.29, 1.82) is 5.26 Å². The van der Waals surface area contributed by atoms with Crippen LogP contribution in [0.25, 0.3) is 11.3 Å². The number of nitrogens with one attached hydrogen (secondary N) is 1. The van der Waals surface area contributed by atoms with Crippen LogP contribution in [0.4, 0.5) is 0 Å². The summed E-state index contributed by atoms with van der Waals surface area (Å²) in [6.07, 6.45) is 7.53. The molecule has 3 rings (SSSR count). The molecule has 0 aliphatic heterocycles. The molecule has 4 heteroatoms. The molecule has 138 valence electrons. The summed E-state index contributed by atoms with van der Waals surface area (Å²) < 4.78 is 0. The van der Waals surface area contributed by atoms with Crippen molar-refractivity contribution in [3.05, 3.63) is 71.4 Å². The maximum atomic E-state index is 9.53. The van der Waals surface area contributed by atoms with Gasteiger partial charge in [0, 0.05) is 30.1 Å². The van der Waals surface area contributed by atoms with E-state index in [-0.39, 0.29) is 5.41 Å². The normalized spacial score (nSPS) is 11.3. The monoisotopic (exact) mass is 358 g/mol. The molecule has 2 heterocycles. The van der Waals surface area contributed by atoms with Crippen LogP contribution in [-0.2, 0) is 19.3 Å². The van der Waals surface area contributed by atoms with Crippen molar-refractivity contribution >= 4 is 0 Å². The fourth-order valence-corrected chi connectivity index (χ4v) is 3.11. The van der Waals surface area contributed by atoms with Crippen molar-refractivity contribution < 1.29 is 0 Å². The maximum absolute atomic E-state index is 9.53. The van der Waals surface area contributed by atoms with Crippen LogP contribution >= 0.6 is 0 Å². The lowest BCUT2D eigenvalue weighted by Crippen LogP contribution is -2.13. The van der Waals surface area contributed by atoms with Crippen LogP contribution in [0.1, 0.15) is 49.8 Å². The average molecular weight is 358 g/mol. The molecule has 3 aromatic rings. The summed E-state index contributed by atoms with van der Waals surface area (Å²) in [6.45, 7) is 6.78. The maximum Gasteiger partial charge on any atom is 0.106 e. The number of nitrogens with zero attached hydrogens (tertiary/aromatic N) is 3. The van der Waals surface area contributed by atoms with Gasteiger partial charge in [-0.3, -0.25) is 4.98 Å². The van der Waals surface area contributed by atoms with E-state index in [0.29, 0.717) is 5.56 Å². The average Bonchev–Trinajstić information content (AvgIpc) is 3.13. The highest BCUT2D eigenvalue weighted by Gasteiger charge is 2.17. The molecular formula is C23H26N4. The molecule has 0 bridgehead atoms. The molecule has 2 aromatic heterocycles. The molecular weight excluding hydrogens is 332 g/mol. The molecule has 0 unspecified atom stereocenters. The van der Waals surface area contributed by atoms with Gasteiger partial charge >= 0.3 is 0 Å². The molecule has 1 aromatic carbocycles. The summed E-state index contributed by atoms with van der Waals surface area (Å²) in [5, 5.41) is 9.53. The van der Waals surface area contributed by atoms with Crippen LogP contribution in [0.3, 0.4) is 0 Å². The van der Waals surface area contributed by atoms with Crippen LogP contribution in [0.2, 0.25) is 0 Å². The van der Waals surface area contributed by atoms with E-state index in [0.717, 1.165) is 48.3 Å². The number of hydrogen-bond acceptors (Lipinski definition) is 3. The number of hydrogen-bond donors (Lipinski definition) is 1. The Morgan fingerprint density at radius 3 is 2.67 bits per heavy atom. The Kier molecular flexibility index (Phi) is 5.71. The quantitative estimate of drug-likeness (QED) is 0.638. The lowest BCUT2D eigenvalue weighted by Gasteiger charge is -2.21. The Balaban J connectivity index is 1.69. The lowest BCUT2D eigenvalue weighted by atomic mass is 9.85. The molecule has 0 radical (unpaired) electrons. The first-order valence-corrected chi connectivity index (χ1v) is 9.48. The largest absolute Gasteiger partial charge is 0.346 e. The first-order chi connectivity index (χ1) is 13.0. The number of pyridine rings is 1. The lowest BCUT2D eigenvalue weighted by molar-refractivity contribution is 0.346. The van der Waals surface area contributed by atoms with Crippen LogP contribution in [0.15, 0.2) is 48.8 Å². The van der Waals surface area contributed by atoms with E-state index >= 15 is 0 Å². The van der Waals surface area contributed by atoms with Gasteiger partial charge in [0.05, 0.1) is 17.3 Å². The van der Waals surface area contributed by atoms with Gasteiger partial charge < -0.3 is 4.98 Å². The second kappa shape index (κ2) is 8.18. The van der Waals surface area contributed by atoms with Gasteiger partial charge in [0.25, 0.3) is 0 Å². The minimum absolute atomic E-state index is 0.285. The summed E-state index contributed by atoms with van der Waals surface area (Å²) in [4.78, 5) is 12.3. The molecule has 0 fully saturated rings. The van der Waals surface area contributed by atoms with Gasteiger partial charge in [-0.05, 0) is 42.0 Å². The number of H-pyrrole nitrogens is 1. The minimum atomic E-state index is 0.285. The number of nitriles is 1. The zero-order chi connectivity index (χ0) is 19.3. The molecule has 0 aliphatic rings. The van der Waals surface area contributed by atoms with Crippen LogP contribution in [0.5, 0.6) is 0 Å². The first kappa shape index (κ1) is 18.8. The molecule has 0 saturated carbocycles. The number of imidazole rings is 1. The van der Waals surface area contributed by atoms with E-state index < -0.39 is 0 Å². The molecule has 1 N–H and O–H groups in total. The molecule has 0 saturated heterocycles.